The first-order valence-electron chi connectivity index (χ1n) is 16.9. The van der Waals surface area contributed by atoms with Crippen LogP contribution < -0.4 is 32.3 Å². The second kappa shape index (κ2) is 18.9. The Morgan fingerprint density at radius 2 is 1.25 bits per heavy atom. The first-order valence-corrected chi connectivity index (χ1v) is 16.9. The number of aliphatic hydroxyl groups is 2. The summed E-state index contributed by atoms with van der Waals surface area (Å²) in [6.07, 6.45) is -4.66. The molecule has 0 aliphatic carbocycles. The summed E-state index contributed by atoms with van der Waals surface area (Å²) >= 11 is 0. The standard InChI is InChI=1S/C17H19F3N6O2.C15H13F3N4O2.C2H6N2O/c1-21-16(28)24-9-11-8-23-15-14(22-5-2-6-27)25-12-7-10(17(18,19)20)3-4-13(12)26(11)15;16-15(17,18)9-2-3-12-11(6-9)21-13(19-4-1-5-23)14-20-7-10(8-24)22(12)14;1-4-2(3)5/h3-4,7-8,27H,2,5-6,9H2,1H3,(H,22,25)(H2,21,24,28);2-3,6-8,23H,1,4-5H2,(H,19,21);1H3,(H3,3,4,5). The van der Waals surface area contributed by atoms with Crippen molar-refractivity contribution < 1.29 is 50.9 Å². The van der Waals surface area contributed by atoms with E-state index in [9.17, 15) is 40.7 Å². The third kappa shape index (κ3) is 10.6. The van der Waals surface area contributed by atoms with Gasteiger partial charge in [0.1, 0.15) is 5.69 Å². The van der Waals surface area contributed by atoms with Crippen molar-refractivity contribution in [2.45, 2.75) is 31.7 Å². The number of anilines is 2. The predicted molar refractivity (Wildman–Crippen MR) is 197 cm³/mol. The van der Waals surface area contributed by atoms with Crippen LogP contribution in [0, 0.1) is 0 Å². The molecule has 0 spiro atoms. The number of carbonyl (C=O) groups is 3. The molecular weight excluding hydrogens is 770 g/mol. The molecule has 6 aromatic rings. The van der Waals surface area contributed by atoms with Gasteiger partial charge in [0.2, 0.25) is 0 Å². The number of carbonyl (C=O) groups excluding carboxylic acids is 3. The molecule has 0 bridgehead atoms. The monoisotopic (exact) mass is 808 g/mol. The summed E-state index contributed by atoms with van der Waals surface area (Å²) in [4.78, 5) is 49.1. The van der Waals surface area contributed by atoms with Crippen LogP contribution in [0.1, 0.15) is 40.2 Å². The van der Waals surface area contributed by atoms with E-state index in [4.69, 9.17) is 10.2 Å². The zero-order valence-electron chi connectivity index (χ0n) is 30.3. The van der Waals surface area contributed by atoms with E-state index in [1.807, 2.05) is 0 Å². The number of nitrogens with two attached hydrogens (primary N) is 1. The number of nitrogens with zero attached hydrogens (tertiary/aromatic N) is 6. The van der Waals surface area contributed by atoms with Crippen molar-refractivity contribution in [3.63, 3.8) is 0 Å². The number of alkyl halides is 6. The van der Waals surface area contributed by atoms with E-state index in [0.29, 0.717) is 66.1 Å². The predicted octanol–water partition coefficient (Wildman–Crippen LogP) is 3.92. The zero-order valence-corrected chi connectivity index (χ0v) is 30.3. The van der Waals surface area contributed by atoms with Gasteiger partial charge in [0, 0.05) is 40.4 Å². The fourth-order valence-corrected chi connectivity index (χ4v) is 5.18. The minimum absolute atomic E-state index is 0.0369. The fourth-order valence-electron chi connectivity index (χ4n) is 5.18. The van der Waals surface area contributed by atoms with E-state index in [1.54, 1.807) is 4.40 Å². The van der Waals surface area contributed by atoms with Crippen LogP contribution in [-0.4, -0.2) is 97.7 Å². The molecule has 0 radical (unpaired) electrons. The van der Waals surface area contributed by atoms with E-state index in [1.165, 1.54) is 43.0 Å². The summed E-state index contributed by atoms with van der Waals surface area (Å²) in [5.74, 6) is 0.551. The second-order valence-corrected chi connectivity index (χ2v) is 11.7. The normalized spacial score (nSPS) is 11.4. The molecule has 6 rings (SSSR count). The average Bonchev–Trinajstić information content (AvgIpc) is 3.82. The number of aliphatic hydroxyl groups excluding tert-OH is 2. The van der Waals surface area contributed by atoms with Gasteiger partial charge in [0.05, 0.1) is 57.8 Å². The zero-order chi connectivity index (χ0) is 41.9. The molecule has 23 heteroatoms. The minimum atomic E-state index is -4.49. The Balaban J connectivity index is 0.000000228. The highest BCUT2D eigenvalue weighted by molar-refractivity contribution is 5.88. The fraction of sp³-hybridized carbons (Fsp3) is 0.324. The lowest BCUT2D eigenvalue weighted by molar-refractivity contribution is -0.138. The molecule has 0 atom stereocenters. The highest BCUT2D eigenvalue weighted by Crippen LogP contribution is 2.34. The Hall–Kier alpha value is -6.49. The Bertz CT molecular complexity index is 2350. The maximum atomic E-state index is 13.1. The van der Waals surface area contributed by atoms with E-state index in [-0.39, 0.29) is 42.3 Å². The number of amides is 4. The average molecular weight is 809 g/mol. The van der Waals surface area contributed by atoms with Crippen molar-refractivity contribution >= 4 is 63.3 Å². The Morgan fingerprint density at radius 1 is 0.772 bits per heavy atom. The third-order valence-electron chi connectivity index (χ3n) is 7.88. The lowest BCUT2D eigenvalue weighted by atomic mass is 10.2. The first kappa shape index (κ1) is 43.2. The molecule has 0 unspecified atom stereocenters. The maximum absolute atomic E-state index is 13.1. The van der Waals surface area contributed by atoms with E-state index in [2.05, 4.69) is 52.3 Å². The van der Waals surface area contributed by atoms with Crippen molar-refractivity contribution in [1.29, 1.82) is 0 Å². The lowest BCUT2D eigenvalue weighted by Gasteiger charge is -2.13. The molecule has 4 heterocycles. The molecule has 9 N–H and O–H groups in total. The van der Waals surface area contributed by atoms with Gasteiger partial charge in [-0.3, -0.25) is 13.6 Å². The molecule has 4 aromatic heterocycles. The van der Waals surface area contributed by atoms with E-state index in [0.717, 1.165) is 24.3 Å². The molecule has 0 fully saturated rings. The van der Waals surface area contributed by atoms with Gasteiger partial charge < -0.3 is 42.5 Å². The van der Waals surface area contributed by atoms with Crippen LogP contribution in [0.2, 0.25) is 0 Å². The topological polar surface area (TPSA) is 238 Å². The van der Waals surface area contributed by atoms with Gasteiger partial charge in [-0.25, -0.2) is 29.5 Å². The number of nitrogens with one attached hydrogen (secondary N) is 5. The number of imidazole rings is 2. The summed E-state index contributed by atoms with van der Waals surface area (Å²) in [6, 6.07) is 5.54. The number of fused-ring (bicyclic) bond motifs is 6. The van der Waals surface area contributed by atoms with Gasteiger partial charge in [-0.2, -0.15) is 26.3 Å². The van der Waals surface area contributed by atoms with Crippen LogP contribution in [0.25, 0.3) is 33.4 Å². The number of halogens is 6. The van der Waals surface area contributed by atoms with Crippen molar-refractivity contribution in [1.82, 2.24) is 44.7 Å². The van der Waals surface area contributed by atoms with Gasteiger partial charge in [-0.05, 0) is 49.2 Å². The molecule has 306 valence electrons. The molecule has 57 heavy (non-hydrogen) atoms. The number of hydrogen-bond acceptors (Lipinski definition) is 11. The lowest BCUT2D eigenvalue weighted by Crippen LogP contribution is -2.32. The number of aromatic nitrogens is 6. The number of aldehydes is 1. The second-order valence-electron chi connectivity index (χ2n) is 11.7. The molecule has 0 saturated heterocycles. The molecule has 17 nitrogen and oxygen atoms in total. The summed E-state index contributed by atoms with van der Waals surface area (Å²) in [5, 5.41) is 30.9. The van der Waals surface area contributed by atoms with Crippen molar-refractivity contribution in [2.75, 3.05) is 51.0 Å². The van der Waals surface area contributed by atoms with Crippen molar-refractivity contribution in [3.8, 4) is 0 Å². The number of primary amides is 1. The van der Waals surface area contributed by atoms with Gasteiger partial charge in [-0.15, -0.1) is 0 Å². The van der Waals surface area contributed by atoms with Gasteiger partial charge in [-0.1, -0.05) is 0 Å². The summed E-state index contributed by atoms with van der Waals surface area (Å²) in [7, 11) is 2.95. The summed E-state index contributed by atoms with van der Waals surface area (Å²) in [5.41, 5.74) is 5.46. The Labute approximate surface area is 318 Å². The highest BCUT2D eigenvalue weighted by Gasteiger charge is 2.32. The van der Waals surface area contributed by atoms with Gasteiger partial charge in [0.25, 0.3) is 0 Å². The number of benzene rings is 2. The van der Waals surface area contributed by atoms with Gasteiger partial charge in [0.15, 0.2) is 29.2 Å². The quantitative estimate of drug-likeness (QED) is 0.0531. The van der Waals surface area contributed by atoms with Crippen molar-refractivity contribution in [2.24, 2.45) is 5.73 Å². The largest absolute Gasteiger partial charge is 0.416 e. The molecule has 4 amide bonds. The van der Waals surface area contributed by atoms with Crippen LogP contribution in [0.5, 0.6) is 0 Å². The van der Waals surface area contributed by atoms with E-state index >= 15 is 0 Å². The summed E-state index contributed by atoms with van der Waals surface area (Å²) in [6.45, 7) is 0.792. The molecule has 0 aliphatic heterocycles. The first-order chi connectivity index (χ1) is 27.1. The highest BCUT2D eigenvalue weighted by atomic mass is 19.4. The molecule has 2 aromatic carbocycles. The van der Waals surface area contributed by atoms with Crippen LogP contribution in [-0.2, 0) is 18.9 Å². The summed E-state index contributed by atoms with van der Waals surface area (Å²) < 4.78 is 81.2. The van der Waals surface area contributed by atoms with E-state index < -0.39 is 35.5 Å². The molecule has 0 saturated carbocycles. The Kier molecular flexibility index (Phi) is 14.3. The maximum Gasteiger partial charge on any atom is 0.416 e. The molecule has 0 aliphatic rings. The third-order valence-corrected chi connectivity index (χ3v) is 7.88. The number of urea groups is 2. The van der Waals surface area contributed by atoms with Crippen LogP contribution >= 0.6 is 0 Å². The van der Waals surface area contributed by atoms with Crippen LogP contribution in [0.15, 0.2) is 48.8 Å². The number of hydrogen-bond donors (Lipinski definition) is 8. The SMILES string of the molecule is CNC(=O)NCc1cnc2c(NCCCO)nc3cc(C(F)(F)F)ccc3n12.CNC(N)=O.O=Cc1cnc2c(NCCCO)nc3cc(C(F)(F)F)ccc3n12. The van der Waals surface area contributed by atoms with Crippen LogP contribution in [0.4, 0.5) is 47.6 Å². The minimum Gasteiger partial charge on any atom is -0.396 e. The van der Waals surface area contributed by atoms with Crippen molar-refractivity contribution in [3.05, 3.63) is 71.3 Å². The van der Waals surface area contributed by atoms with Crippen LogP contribution in [0.3, 0.4) is 0 Å². The number of rotatable bonds is 11. The Morgan fingerprint density at radius 3 is 1.68 bits per heavy atom. The smallest absolute Gasteiger partial charge is 0.396 e. The molecular formula is C34H38F6N12O5. The van der Waals surface area contributed by atoms with Gasteiger partial charge >= 0.3 is 24.4 Å².